The number of rotatable bonds is 8. The number of amides is 3. The molecule has 0 bridgehead atoms. The summed E-state index contributed by atoms with van der Waals surface area (Å²) in [5.74, 6) is 0.111. The summed E-state index contributed by atoms with van der Waals surface area (Å²) in [5.41, 5.74) is 1.31. The zero-order valence-electron chi connectivity index (χ0n) is 15.9. The lowest BCUT2D eigenvalue weighted by atomic mass is 10.1. The molecule has 7 heteroatoms. The maximum absolute atomic E-state index is 12.3. The number of hydrogen-bond donors (Lipinski definition) is 1. The molecule has 0 unspecified atom stereocenters. The van der Waals surface area contributed by atoms with Crippen molar-refractivity contribution in [3.8, 4) is 11.5 Å². The second-order valence-corrected chi connectivity index (χ2v) is 6.13. The van der Waals surface area contributed by atoms with Crippen molar-refractivity contribution in [3.05, 3.63) is 53.6 Å². The van der Waals surface area contributed by atoms with Crippen LogP contribution >= 0.6 is 0 Å². The summed E-state index contributed by atoms with van der Waals surface area (Å²) >= 11 is 0. The topological polar surface area (TPSA) is 84.9 Å². The fourth-order valence-electron chi connectivity index (χ4n) is 3.01. The van der Waals surface area contributed by atoms with Crippen molar-refractivity contribution in [2.24, 2.45) is 0 Å². The predicted molar refractivity (Wildman–Crippen MR) is 104 cm³/mol. The molecule has 1 heterocycles. The molecule has 3 amide bonds. The van der Waals surface area contributed by atoms with Gasteiger partial charge >= 0.3 is 0 Å². The van der Waals surface area contributed by atoms with Crippen LogP contribution in [-0.2, 0) is 4.79 Å². The first-order chi connectivity index (χ1) is 13.5. The molecule has 3 rings (SSSR count). The maximum Gasteiger partial charge on any atom is 0.261 e. The van der Waals surface area contributed by atoms with Gasteiger partial charge in [-0.3, -0.25) is 19.3 Å². The number of anilines is 1. The van der Waals surface area contributed by atoms with Crippen LogP contribution in [0.2, 0.25) is 0 Å². The lowest BCUT2D eigenvalue weighted by molar-refractivity contribution is -0.116. The van der Waals surface area contributed by atoms with Crippen LogP contribution in [-0.4, -0.2) is 42.4 Å². The van der Waals surface area contributed by atoms with Crippen molar-refractivity contribution in [2.45, 2.75) is 20.3 Å². The van der Waals surface area contributed by atoms with Crippen LogP contribution in [0.3, 0.4) is 0 Å². The highest BCUT2D eigenvalue weighted by atomic mass is 16.5. The second kappa shape index (κ2) is 8.56. The first-order valence-electron chi connectivity index (χ1n) is 9.19. The van der Waals surface area contributed by atoms with Gasteiger partial charge in [0.2, 0.25) is 5.91 Å². The summed E-state index contributed by atoms with van der Waals surface area (Å²) in [6.07, 6.45) is 0.00263. The van der Waals surface area contributed by atoms with Gasteiger partial charge in [-0.2, -0.15) is 0 Å². The van der Waals surface area contributed by atoms with E-state index in [0.717, 1.165) is 4.90 Å². The van der Waals surface area contributed by atoms with Crippen molar-refractivity contribution in [1.82, 2.24) is 4.90 Å². The Kier molecular flexibility index (Phi) is 5.93. The Hall–Kier alpha value is -3.35. The molecule has 7 nitrogen and oxygen atoms in total. The molecule has 2 aromatic rings. The van der Waals surface area contributed by atoms with E-state index in [2.05, 4.69) is 5.32 Å². The zero-order valence-corrected chi connectivity index (χ0v) is 15.9. The average Bonchev–Trinajstić information content (AvgIpc) is 2.93. The van der Waals surface area contributed by atoms with Crippen LogP contribution in [0.1, 0.15) is 41.0 Å². The third-order valence-electron chi connectivity index (χ3n) is 4.27. The monoisotopic (exact) mass is 382 g/mol. The fourth-order valence-corrected chi connectivity index (χ4v) is 3.01. The molecule has 1 aliphatic rings. The standard InChI is InChI=1S/C21H22N2O5/c1-3-27-17-10-9-14(13-18(17)28-4-2)22-19(24)11-12-23-20(25)15-7-5-6-8-16(15)21(23)26/h5-10,13H,3-4,11-12H2,1-2H3,(H,22,24). The molecule has 1 N–H and O–H groups in total. The third-order valence-corrected chi connectivity index (χ3v) is 4.27. The minimum absolute atomic E-state index is 0.00263. The van der Waals surface area contributed by atoms with E-state index in [4.69, 9.17) is 9.47 Å². The van der Waals surface area contributed by atoms with Crippen LogP contribution < -0.4 is 14.8 Å². The van der Waals surface area contributed by atoms with Crippen molar-refractivity contribution >= 4 is 23.4 Å². The van der Waals surface area contributed by atoms with Gasteiger partial charge < -0.3 is 14.8 Å². The molecular formula is C21H22N2O5. The molecule has 0 fully saturated rings. The number of fused-ring (bicyclic) bond motifs is 1. The Balaban J connectivity index is 1.61. The van der Waals surface area contributed by atoms with E-state index < -0.39 is 0 Å². The third kappa shape index (κ3) is 3.98. The number of carbonyl (C=O) groups excluding carboxylic acids is 3. The molecule has 28 heavy (non-hydrogen) atoms. The molecule has 2 aromatic carbocycles. The van der Waals surface area contributed by atoms with Gasteiger partial charge in [-0.05, 0) is 38.1 Å². The van der Waals surface area contributed by atoms with Gasteiger partial charge in [-0.25, -0.2) is 0 Å². The van der Waals surface area contributed by atoms with E-state index in [-0.39, 0.29) is 30.7 Å². The smallest absolute Gasteiger partial charge is 0.261 e. The summed E-state index contributed by atoms with van der Waals surface area (Å²) in [5, 5.41) is 2.76. The van der Waals surface area contributed by atoms with Crippen LogP contribution in [0.25, 0.3) is 0 Å². The SMILES string of the molecule is CCOc1ccc(NC(=O)CCN2C(=O)c3ccccc3C2=O)cc1OCC. The second-order valence-electron chi connectivity index (χ2n) is 6.13. The normalized spacial score (nSPS) is 12.7. The number of carbonyl (C=O) groups is 3. The number of benzene rings is 2. The van der Waals surface area contributed by atoms with Crippen LogP contribution in [0.4, 0.5) is 5.69 Å². The molecular weight excluding hydrogens is 360 g/mol. The number of imide groups is 1. The molecule has 0 atom stereocenters. The fraction of sp³-hybridized carbons (Fsp3) is 0.286. The van der Waals surface area contributed by atoms with Crippen molar-refractivity contribution < 1.29 is 23.9 Å². The van der Waals surface area contributed by atoms with Crippen molar-refractivity contribution in [3.63, 3.8) is 0 Å². The Morgan fingerprint density at radius 1 is 0.929 bits per heavy atom. The van der Waals surface area contributed by atoms with Crippen LogP contribution in [0, 0.1) is 0 Å². The Morgan fingerprint density at radius 3 is 2.14 bits per heavy atom. The number of ether oxygens (including phenoxy) is 2. The van der Waals surface area contributed by atoms with Crippen LogP contribution in [0.15, 0.2) is 42.5 Å². The zero-order chi connectivity index (χ0) is 20.1. The van der Waals surface area contributed by atoms with Gasteiger partial charge in [-0.15, -0.1) is 0 Å². The van der Waals surface area contributed by atoms with E-state index in [0.29, 0.717) is 41.5 Å². The molecule has 0 saturated carbocycles. The highest BCUT2D eigenvalue weighted by Crippen LogP contribution is 2.30. The lowest BCUT2D eigenvalue weighted by Crippen LogP contribution is -2.32. The highest BCUT2D eigenvalue weighted by molar-refractivity contribution is 6.21. The average molecular weight is 382 g/mol. The summed E-state index contributed by atoms with van der Waals surface area (Å²) in [6.45, 7) is 4.74. The summed E-state index contributed by atoms with van der Waals surface area (Å²) in [6, 6.07) is 11.8. The molecule has 0 aromatic heterocycles. The van der Waals surface area contributed by atoms with E-state index in [1.54, 1.807) is 42.5 Å². The quantitative estimate of drug-likeness (QED) is 0.709. The number of hydrogen-bond acceptors (Lipinski definition) is 5. The molecule has 0 aliphatic carbocycles. The molecule has 146 valence electrons. The lowest BCUT2D eigenvalue weighted by Gasteiger charge is -2.15. The first kappa shape index (κ1) is 19.4. The molecule has 0 spiro atoms. The highest BCUT2D eigenvalue weighted by Gasteiger charge is 2.34. The minimum atomic E-state index is -0.368. The van der Waals surface area contributed by atoms with Gasteiger partial charge in [0.15, 0.2) is 11.5 Å². The van der Waals surface area contributed by atoms with E-state index >= 15 is 0 Å². The Morgan fingerprint density at radius 2 is 1.54 bits per heavy atom. The summed E-state index contributed by atoms with van der Waals surface area (Å²) < 4.78 is 11.0. The Bertz CT molecular complexity index is 874. The Labute approximate surface area is 163 Å². The molecule has 0 saturated heterocycles. The minimum Gasteiger partial charge on any atom is -0.490 e. The van der Waals surface area contributed by atoms with E-state index in [1.807, 2.05) is 13.8 Å². The maximum atomic E-state index is 12.3. The number of nitrogens with one attached hydrogen (secondary N) is 1. The van der Waals surface area contributed by atoms with E-state index in [1.165, 1.54) is 0 Å². The van der Waals surface area contributed by atoms with Gasteiger partial charge in [0.25, 0.3) is 11.8 Å². The molecule has 0 radical (unpaired) electrons. The van der Waals surface area contributed by atoms with Gasteiger partial charge in [0, 0.05) is 24.7 Å². The van der Waals surface area contributed by atoms with Crippen molar-refractivity contribution in [1.29, 1.82) is 0 Å². The predicted octanol–water partition coefficient (Wildman–Crippen LogP) is 3.11. The van der Waals surface area contributed by atoms with Crippen LogP contribution in [0.5, 0.6) is 11.5 Å². The first-order valence-corrected chi connectivity index (χ1v) is 9.19. The van der Waals surface area contributed by atoms with Crippen molar-refractivity contribution in [2.75, 3.05) is 25.1 Å². The summed E-state index contributed by atoms with van der Waals surface area (Å²) in [7, 11) is 0. The number of nitrogens with zero attached hydrogens (tertiary/aromatic N) is 1. The van der Waals surface area contributed by atoms with Gasteiger partial charge in [-0.1, -0.05) is 12.1 Å². The largest absolute Gasteiger partial charge is 0.490 e. The summed E-state index contributed by atoms with van der Waals surface area (Å²) in [4.78, 5) is 38.1. The van der Waals surface area contributed by atoms with E-state index in [9.17, 15) is 14.4 Å². The van der Waals surface area contributed by atoms with Gasteiger partial charge in [0.05, 0.1) is 24.3 Å². The molecule has 1 aliphatic heterocycles. The van der Waals surface area contributed by atoms with Gasteiger partial charge in [0.1, 0.15) is 0 Å².